The number of methoxy groups -OCH3 is 1. The molecule has 0 radical (unpaired) electrons. The Morgan fingerprint density at radius 2 is 1.90 bits per heavy atom. The second-order valence-corrected chi connectivity index (χ2v) is 7.38. The van der Waals surface area contributed by atoms with Gasteiger partial charge in [0.15, 0.2) is 0 Å². The van der Waals surface area contributed by atoms with Crippen LogP contribution in [0.4, 0.5) is 0 Å². The van der Waals surface area contributed by atoms with E-state index in [2.05, 4.69) is 19.2 Å². The molecule has 21 heavy (non-hydrogen) atoms. The summed E-state index contributed by atoms with van der Waals surface area (Å²) in [6.07, 6.45) is 3.87. The maximum Gasteiger partial charge on any atom is 0.123 e. The van der Waals surface area contributed by atoms with Crippen molar-refractivity contribution in [1.29, 1.82) is 0 Å². The lowest BCUT2D eigenvalue weighted by Gasteiger charge is -2.40. The Morgan fingerprint density at radius 3 is 2.52 bits per heavy atom. The fraction of sp³-hybridized carbons (Fsp3) is 0.647. The van der Waals surface area contributed by atoms with Gasteiger partial charge in [0, 0.05) is 23.7 Å². The van der Waals surface area contributed by atoms with Crippen molar-refractivity contribution < 1.29 is 9.84 Å². The lowest BCUT2D eigenvalue weighted by atomic mass is 9.71. The molecule has 2 N–H and O–H groups in total. The van der Waals surface area contributed by atoms with Gasteiger partial charge in [-0.1, -0.05) is 25.4 Å². The quantitative estimate of drug-likeness (QED) is 0.869. The van der Waals surface area contributed by atoms with Crippen molar-refractivity contribution in [3.8, 4) is 5.75 Å². The van der Waals surface area contributed by atoms with Crippen LogP contribution >= 0.6 is 11.6 Å². The van der Waals surface area contributed by atoms with E-state index >= 15 is 0 Å². The second-order valence-electron chi connectivity index (χ2n) is 6.95. The third kappa shape index (κ3) is 4.60. The van der Waals surface area contributed by atoms with E-state index in [0.717, 1.165) is 37.0 Å². The van der Waals surface area contributed by atoms with Gasteiger partial charge in [-0.05, 0) is 49.3 Å². The largest absolute Gasteiger partial charge is 0.496 e. The minimum atomic E-state index is -0.582. The number of nitrogens with one attached hydrogen (secondary N) is 1. The summed E-state index contributed by atoms with van der Waals surface area (Å²) in [4.78, 5) is 0. The van der Waals surface area contributed by atoms with Gasteiger partial charge in [0.1, 0.15) is 5.75 Å². The van der Waals surface area contributed by atoms with Crippen molar-refractivity contribution in [2.24, 2.45) is 5.41 Å². The molecule has 0 amide bonds. The van der Waals surface area contributed by atoms with E-state index in [9.17, 15) is 5.11 Å². The van der Waals surface area contributed by atoms with Gasteiger partial charge in [-0.15, -0.1) is 0 Å². The molecule has 1 aliphatic carbocycles. The van der Waals surface area contributed by atoms with Crippen LogP contribution in [0.1, 0.15) is 45.1 Å². The number of benzene rings is 1. The Bertz CT molecular complexity index is 478. The fourth-order valence-corrected chi connectivity index (χ4v) is 3.08. The normalized spacial score (nSPS) is 20.2. The summed E-state index contributed by atoms with van der Waals surface area (Å²) in [5.41, 5.74) is 0.800. The highest BCUT2D eigenvalue weighted by Crippen LogP contribution is 2.39. The third-order valence-corrected chi connectivity index (χ3v) is 4.78. The minimum absolute atomic E-state index is 0.363. The first-order chi connectivity index (χ1) is 9.84. The van der Waals surface area contributed by atoms with Gasteiger partial charge in [0.25, 0.3) is 0 Å². The molecule has 1 aromatic carbocycles. The summed E-state index contributed by atoms with van der Waals surface area (Å²) in [6.45, 7) is 5.81. The molecule has 1 aliphatic rings. The Kier molecular flexibility index (Phi) is 5.18. The first-order valence-corrected chi connectivity index (χ1v) is 7.97. The van der Waals surface area contributed by atoms with E-state index < -0.39 is 5.60 Å². The second kappa shape index (κ2) is 6.55. The predicted octanol–water partition coefficient (Wildman–Crippen LogP) is 3.77. The zero-order valence-electron chi connectivity index (χ0n) is 13.2. The smallest absolute Gasteiger partial charge is 0.123 e. The van der Waals surface area contributed by atoms with Crippen molar-refractivity contribution >= 4 is 11.6 Å². The van der Waals surface area contributed by atoms with E-state index in [-0.39, 0.29) is 0 Å². The van der Waals surface area contributed by atoms with Gasteiger partial charge in [-0.25, -0.2) is 0 Å². The third-order valence-electron chi connectivity index (χ3n) is 4.55. The molecule has 0 heterocycles. The lowest BCUT2D eigenvalue weighted by molar-refractivity contribution is -0.0245. The highest BCUT2D eigenvalue weighted by atomic mass is 35.5. The number of rotatable bonds is 5. The fourth-order valence-electron chi connectivity index (χ4n) is 2.88. The highest BCUT2D eigenvalue weighted by Gasteiger charge is 2.36. The summed E-state index contributed by atoms with van der Waals surface area (Å²) >= 11 is 6.03. The molecule has 4 heteroatoms. The van der Waals surface area contributed by atoms with Crippen molar-refractivity contribution in [3.63, 3.8) is 0 Å². The maximum atomic E-state index is 10.6. The maximum absolute atomic E-state index is 10.6. The Labute approximate surface area is 132 Å². The van der Waals surface area contributed by atoms with Gasteiger partial charge in [0.05, 0.1) is 12.7 Å². The van der Waals surface area contributed by atoms with Crippen LogP contribution in [0.2, 0.25) is 5.02 Å². The van der Waals surface area contributed by atoms with E-state index in [1.807, 2.05) is 18.2 Å². The molecule has 0 spiro atoms. The van der Waals surface area contributed by atoms with Crippen LogP contribution in [-0.4, -0.2) is 24.4 Å². The molecule has 1 saturated carbocycles. The van der Waals surface area contributed by atoms with Crippen molar-refractivity contribution in [3.05, 3.63) is 28.8 Å². The van der Waals surface area contributed by atoms with E-state index in [4.69, 9.17) is 16.3 Å². The molecule has 118 valence electrons. The lowest BCUT2D eigenvalue weighted by Crippen LogP contribution is -2.44. The van der Waals surface area contributed by atoms with Crippen molar-refractivity contribution in [2.45, 2.75) is 51.7 Å². The molecule has 3 nitrogen and oxygen atoms in total. The van der Waals surface area contributed by atoms with Gasteiger partial charge in [0.2, 0.25) is 0 Å². The molecule has 2 rings (SSSR count). The topological polar surface area (TPSA) is 41.5 Å². The van der Waals surface area contributed by atoms with E-state index in [1.165, 1.54) is 0 Å². The summed E-state index contributed by atoms with van der Waals surface area (Å²) in [5.74, 6) is 0.823. The number of aliphatic hydroxyl groups is 1. The molecule has 0 unspecified atom stereocenters. The molecule has 0 aliphatic heterocycles. The molecule has 1 aromatic rings. The zero-order chi connectivity index (χ0) is 15.5. The minimum Gasteiger partial charge on any atom is -0.496 e. The predicted molar refractivity (Wildman–Crippen MR) is 86.9 cm³/mol. The van der Waals surface area contributed by atoms with E-state index in [0.29, 0.717) is 23.5 Å². The summed E-state index contributed by atoms with van der Waals surface area (Å²) < 4.78 is 5.33. The molecular weight excluding hydrogens is 286 g/mol. The molecule has 0 atom stereocenters. The SMILES string of the molecule is COc1ccc(Cl)cc1CNCC1(O)CCC(C)(C)CC1. The molecule has 0 aromatic heterocycles. The summed E-state index contributed by atoms with van der Waals surface area (Å²) in [6, 6.07) is 5.60. The van der Waals surface area contributed by atoms with Crippen LogP contribution in [0.3, 0.4) is 0 Å². The molecule has 1 fully saturated rings. The number of ether oxygens (including phenoxy) is 1. The van der Waals surface area contributed by atoms with Crippen LogP contribution in [0.15, 0.2) is 18.2 Å². The molecule has 0 saturated heterocycles. The van der Waals surface area contributed by atoms with Crippen LogP contribution in [0.5, 0.6) is 5.75 Å². The van der Waals surface area contributed by atoms with Gasteiger partial charge in [-0.2, -0.15) is 0 Å². The first-order valence-electron chi connectivity index (χ1n) is 7.59. The highest BCUT2D eigenvalue weighted by molar-refractivity contribution is 6.30. The summed E-state index contributed by atoms with van der Waals surface area (Å²) in [7, 11) is 1.66. The molecule has 0 bridgehead atoms. The average Bonchev–Trinajstić information content (AvgIpc) is 2.43. The Hall–Kier alpha value is -0.770. The first kappa shape index (κ1) is 16.6. The zero-order valence-corrected chi connectivity index (χ0v) is 14.0. The van der Waals surface area contributed by atoms with Crippen molar-refractivity contribution in [1.82, 2.24) is 5.32 Å². The Balaban J connectivity index is 1.88. The standard InChI is InChI=1S/C17H26ClNO2/c1-16(2)6-8-17(20,9-7-16)12-19-11-13-10-14(18)4-5-15(13)21-3/h4-5,10,19-20H,6-9,11-12H2,1-3H3. The van der Waals surface area contributed by atoms with Gasteiger partial charge >= 0.3 is 0 Å². The summed E-state index contributed by atoms with van der Waals surface area (Å²) in [5, 5.41) is 14.7. The van der Waals surface area contributed by atoms with Crippen LogP contribution < -0.4 is 10.1 Å². The number of halogens is 1. The van der Waals surface area contributed by atoms with E-state index in [1.54, 1.807) is 7.11 Å². The van der Waals surface area contributed by atoms with Crippen LogP contribution in [0, 0.1) is 5.41 Å². The Morgan fingerprint density at radius 1 is 1.24 bits per heavy atom. The number of hydrogen-bond donors (Lipinski definition) is 2. The molecular formula is C17H26ClNO2. The average molecular weight is 312 g/mol. The monoisotopic (exact) mass is 311 g/mol. The van der Waals surface area contributed by atoms with Gasteiger partial charge in [-0.3, -0.25) is 0 Å². The number of hydrogen-bond acceptors (Lipinski definition) is 3. The van der Waals surface area contributed by atoms with Crippen LogP contribution in [0.25, 0.3) is 0 Å². The van der Waals surface area contributed by atoms with Crippen molar-refractivity contribution in [2.75, 3.05) is 13.7 Å². The van der Waals surface area contributed by atoms with Gasteiger partial charge < -0.3 is 15.2 Å². The van der Waals surface area contributed by atoms with Crippen LogP contribution in [-0.2, 0) is 6.54 Å².